The molecule has 0 saturated carbocycles. The Morgan fingerprint density at radius 2 is 1.80 bits per heavy atom. The summed E-state index contributed by atoms with van der Waals surface area (Å²) in [5.41, 5.74) is 4.84. The van der Waals surface area contributed by atoms with Crippen molar-refractivity contribution in [1.82, 2.24) is 5.43 Å². The van der Waals surface area contributed by atoms with Crippen molar-refractivity contribution >= 4 is 46.9 Å². The molecule has 0 bridgehead atoms. The molecule has 0 heterocycles. The van der Waals surface area contributed by atoms with E-state index in [1.165, 1.54) is 12.1 Å². The van der Waals surface area contributed by atoms with E-state index in [9.17, 15) is 14.7 Å². The molecule has 0 radical (unpaired) electrons. The van der Waals surface area contributed by atoms with Gasteiger partial charge >= 0.3 is 11.8 Å². The molecule has 0 aliphatic carbocycles. The number of nitrogens with zero attached hydrogens (tertiary/aromatic N) is 1. The maximum absolute atomic E-state index is 11.8. The number of hydrazone groups is 1. The zero-order valence-corrected chi connectivity index (χ0v) is 14.9. The highest BCUT2D eigenvalue weighted by Crippen LogP contribution is 2.29. The molecule has 0 unspecified atom stereocenters. The van der Waals surface area contributed by atoms with Gasteiger partial charge in [-0.05, 0) is 49.2 Å². The molecule has 3 N–H and O–H groups in total. The number of benzene rings is 2. The second-order valence-electron chi connectivity index (χ2n) is 5.28. The summed E-state index contributed by atoms with van der Waals surface area (Å²) in [5.74, 6) is -2.06. The minimum atomic E-state index is -0.956. The van der Waals surface area contributed by atoms with Crippen molar-refractivity contribution in [2.24, 2.45) is 5.10 Å². The highest BCUT2D eigenvalue weighted by Gasteiger charge is 2.13. The SMILES string of the molecule is Cc1ccc(NC(=O)C(=O)N/N=C/c2cc(Cl)cc(Cl)c2O)cc1C. The van der Waals surface area contributed by atoms with Gasteiger partial charge < -0.3 is 10.4 Å². The third-order valence-electron chi connectivity index (χ3n) is 3.40. The molecule has 0 aliphatic heterocycles. The fraction of sp³-hybridized carbons (Fsp3) is 0.118. The number of carbonyl (C=O) groups excluding carboxylic acids is 2. The van der Waals surface area contributed by atoms with Crippen LogP contribution < -0.4 is 10.7 Å². The quantitative estimate of drug-likeness (QED) is 0.433. The number of aromatic hydroxyl groups is 1. The standard InChI is InChI=1S/C17H15Cl2N3O3/c1-9-3-4-13(5-10(9)2)21-16(24)17(25)22-20-8-11-6-12(18)7-14(19)15(11)23/h3-8,23H,1-2H3,(H,21,24)(H,22,25)/b20-8+. The Bertz CT molecular complexity index is 866. The van der Waals surface area contributed by atoms with Crippen LogP contribution in [0.3, 0.4) is 0 Å². The highest BCUT2D eigenvalue weighted by atomic mass is 35.5. The second kappa shape index (κ2) is 8.00. The van der Waals surface area contributed by atoms with Crippen LogP contribution in [-0.4, -0.2) is 23.1 Å². The van der Waals surface area contributed by atoms with Crippen molar-refractivity contribution in [2.75, 3.05) is 5.32 Å². The summed E-state index contributed by atoms with van der Waals surface area (Å²) in [7, 11) is 0. The number of hydrogen-bond acceptors (Lipinski definition) is 4. The lowest BCUT2D eigenvalue weighted by Crippen LogP contribution is -2.32. The van der Waals surface area contributed by atoms with Gasteiger partial charge in [0.05, 0.1) is 11.2 Å². The zero-order valence-electron chi connectivity index (χ0n) is 13.4. The summed E-state index contributed by atoms with van der Waals surface area (Å²) in [6, 6.07) is 8.07. The van der Waals surface area contributed by atoms with Gasteiger partial charge in [-0.1, -0.05) is 29.3 Å². The van der Waals surface area contributed by atoms with Crippen molar-refractivity contribution < 1.29 is 14.7 Å². The van der Waals surface area contributed by atoms with E-state index in [0.717, 1.165) is 17.3 Å². The topological polar surface area (TPSA) is 90.8 Å². The number of nitrogens with one attached hydrogen (secondary N) is 2. The fourth-order valence-corrected chi connectivity index (χ4v) is 2.41. The number of halogens is 2. The molecule has 8 heteroatoms. The highest BCUT2D eigenvalue weighted by molar-refractivity contribution is 6.39. The molecular formula is C17H15Cl2N3O3. The maximum Gasteiger partial charge on any atom is 0.329 e. The third kappa shape index (κ3) is 4.95. The van der Waals surface area contributed by atoms with Gasteiger partial charge in [-0.15, -0.1) is 0 Å². The molecule has 2 aromatic rings. The van der Waals surface area contributed by atoms with Crippen LogP contribution >= 0.6 is 23.2 Å². The molecule has 0 fully saturated rings. The number of rotatable bonds is 3. The Morgan fingerprint density at radius 3 is 2.48 bits per heavy atom. The van der Waals surface area contributed by atoms with Crippen LogP contribution in [0.15, 0.2) is 35.4 Å². The number of hydrogen-bond donors (Lipinski definition) is 3. The smallest absolute Gasteiger partial charge is 0.329 e. The van der Waals surface area contributed by atoms with Crippen LogP contribution in [0.5, 0.6) is 5.75 Å². The predicted molar refractivity (Wildman–Crippen MR) is 98.4 cm³/mol. The van der Waals surface area contributed by atoms with Crippen molar-refractivity contribution in [1.29, 1.82) is 0 Å². The van der Waals surface area contributed by atoms with Gasteiger partial charge in [0.1, 0.15) is 5.75 Å². The first-order chi connectivity index (χ1) is 11.8. The monoisotopic (exact) mass is 379 g/mol. The summed E-state index contributed by atoms with van der Waals surface area (Å²) < 4.78 is 0. The summed E-state index contributed by atoms with van der Waals surface area (Å²) in [6.45, 7) is 3.85. The van der Waals surface area contributed by atoms with E-state index in [4.69, 9.17) is 23.2 Å². The molecule has 2 amide bonds. The van der Waals surface area contributed by atoms with Gasteiger partial charge in [0.25, 0.3) is 0 Å². The number of anilines is 1. The van der Waals surface area contributed by atoms with Crippen molar-refractivity contribution in [3.63, 3.8) is 0 Å². The Morgan fingerprint density at radius 1 is 1.08 bits per heavy atom. The third-order valence-corrected chi connectivity index (χ3v) is 3.90. The fourth-order valence-electron chi connectivity index (χ4n) is 1.90. The number of amides is 2. The largest absolute Gasteiger partial charge is 0.506 e. The van der Waals surface area contributed by atoms with E-state index in [1.807, 2.05) is 19.9 Å². The second-order valence-corrected chi connectivity index (χ2v) is 6.12. The van der Waals surface area contributed by atoms with E-state index in [-0.39, 0.29) is 16.3 Å². The molecule has 2 aromatic carbocycles. The molecule has 0 aromatic heterocycles. The van der Waals surface area contributed by atoms with Crippen molar-refractivity contribution in [3.05, 3.63) is 57.1 Å². The van der Waals surface area contributed by atoms with E-state index >= 15 is 0 Å². The number of carbonyl (C=O) groups is 2. The Balaban J connectivity index is 1.99. The first-order valence-electron chi connectivity index (χ1n) is 7.17. The summed E-state index contributed by atoms with van der Waals surface area (Å²) in [5, 5.41) is 16.2. The number of phenolic OH excluding ortho intramolecular Hbond substituents is 1. The molecule has 25 heavy (non-hydrogen) atoms. The van der Waals surface area contributed by atoms with Gasteiger partial charge in [0.2, 0.25) is 0 Å². The van der Waals surface area contributed by atoms with E-state index in [2.05, 4.69) is 15.8 Å². The minimum Gasteiger partial charge on any atom is -0.506 e. The van der Waals surface area contributed by atoms with Crippen LogP contribution in [0.4, 0.5) is 5.69 Å². The average molecular weight is 380 g/mol. The molecule has 0 aliphatic rings. The van der Waals surface area contributed by atoms with Gasteiger partial charge in [-0.3, -0.25) is 9.59 Å². The van der Waals surface area contributed by atoms with Crippen LogP contribution in [-0.2, 0) is 9.59 Å². The molecule has 0 atom stereocenters. The predicted octanol–water partition coefficient (Wildman–Crippen LogP) is 3.40. The summed E-state index contributed by atoms with van der Waals surface area (Å²) >= 11 is 11.6. The lowest BCUT2D eigenvalue weighted by molar-refractivity contribution is -0.136. The van der Waals surface area contributed by atoms with Gasteiger partial charge in [0.15, 0.2) is 0 Å². The lowest BCUT2D eigenvalue weighted by Gasteiger charge is -2.06. The summed E-state index contributed by atoms with van der Waals surface area (Å²) in [4.78, 5) is 23.6. The average Bonchev–Trinajstić information content (AvgIpc) is 2.55. The molecule has 6 nitrogen and oxygen atoms in total. The van der Waals surface area contributed by atoms with Gasteiger partial charge in [0, 0.05) is 16.3 Å². The van der Waals surface area contributed by atoms with Gasteiger partial charge in [-0.25, -0.2) is 5.43 Å². The number of aryl methyl sites for hydroxylation is 2. The zero-order chi connectivity index (χ0) is 18.6. The minimum absolute atomic E-state index is 0.0489. The Kier molecular flexibility index (Phi) is 6.01. The van der Waals surface area contributed by atoms with Crippen molar-refractivity contribution in [2.45, 2.75) is 13.8 Å². The van der Waals surface area contributed by atoms with Crippen LogP contribution in [0.2, 0.25) is 10.0 Å². The number of phenols is 1. The van der Waals surface area contributed by atoms with Crippen molar-refractivity contribution in [3.8, 4) is 5.75 Å². The molecule has 0 saturated heterocycles. The van der Waals surface area contributed by atoms with Crippen LogP contribution in [0.1, 0.15) is 16.7 Å². The van der Waals surface area contributed by atoms with Crippen LogP contribution in [0, 0.1) is 13.8 Å². The molecule has 0 spiro atoms. The normalized spacial score (nSPS) is 10.7. The summed E-state index contributed by atoms with van der Waals surface area (Å²) in [6.07, 6.45) is 1.13. The molecule has 130 valence electrons. The lowest BCUT2D eigenvalue weighted by atomic mass is 10.1. The van der Waals surface area contributed by atoms with E-state index in [1.54, 1.807) is 12.1 Å². The van der Waals surface area contributed by atoms with Gasteiger partial charge in [-0.2, -0.15) is 5.10 Å². The van der Waals surface area contributed by atoms with E-state index in [0.29, 0.717) is 10.7 Å². The Labute approximate surface area is 154 Å². The first kappa shape index (κ1) is 18.8. The Hall–Kier alpha value is -2.57. The maximum atomic E-state index is 11.8. The first-order valence-corrected chi connectivity index (χ1v) is 7.93. The molecular weight excluding hydrogens is 365 g/mol. The van der Waals surface area contributed by atoms with Crippen LogP contribution in [0.25, 0.3) is 0 Å². The van der Waals surface area contributed by atoms with E-state index < -0.39 is 11.8 Å². The molecule has 2 rings (SSSR count).